The number of hydrogen-bond acceptors (Lipinski definition) is 4. The van der Waals surface area contributed by atoms with Crippen molar-refractivity contribution in [3.05, 3.63) is 59.7 Å². The Labute approximate surface area is 181 Å². The zero-order valence-electron chi connectivity index (χ0n) is 19.1. The summed E-state index contributed by atoms with van der Waals surface area (Å²) in [6.07, 6.45) is 0. The van der Waals surface area contributed by atoms with Crippen molar-refractivity contribution >= 4 is 23.0 Å². The Balaban J connectivity index is 1.79. The van der Waals surface area contributed by atoms with E-state index in [1.165, 1.54) is 22.5 Å². The molecule has 2 heterocycles. The first-order valence-electron chi connectivity index (χ1n) is 11.2. The van der Waals surface area contributed by atoms with Gasteiger partial charge in [-0.1, -0.05) is 52.0 Å². The van der Waals surface area contributed by atoms with Gasteiger partial charge < -0.3 is 9.80 Å². The Morgan fingerprint density at radius 1 is 0.700 bits per heavy atom. The summed E-state index contributed by atoms with van der Waals surface area (Å²) in [6.45, 7) is 15.2. The predicted molar refractivity (Wildman–Crippen MR) is 129 cm³/mol. The second-order valence-electron chi connectivity index (χ2n) is 9.43. The van der Waals surface area contributed by atoms with Gasteiger partial charge >= 0.3 is 0 Å². The highest BCUT2D eigenvalue weighted by Crippen LogP contribution is 2.30. The molecule has 30 heavy (non-hydrogen) atoms. The number of benzene rings is 2. The summed E-state index contributed by atoms with van der Waals surface area (Å²) in [4.78, 5) is 15.2. The van der Waals surface area contributed by atoms with E-state index in [0.29, 0.717) is 11.8 Å². The van der Waals surface area contributed by atoms with E-state index in [9.17, 15) is 0 Å². The zero-order valence-corrected chi connectivity index (χ0v) is 19.1. The maximum atomic E-state index is 5.22. The number of anilines is 2. The number of hydrogen-bond donors (Lipinski definition) is 0. The molecule has 4 nitrogen and oxygen atoms in total. The number of amidine groups is 2. The molecule has 2 atom stereocenters. The van der Waals surface area contributed by atoms with Crippen LogP contribution in [0.15, 0.2) is 58.5 Å². The number of aliphatic imine (C=N–C) groups is 2. The van der Waals surface area contributed by atoms with Gasteiger partial charge in [-0.3, -0.25) is 9.98 Å². The van der Waals surface area contributed by atoms with Crippen molar-refractivity contribution < 1.29 is 0 Å². The van der Waals surface area contributed by atoms with Crippen LogP contribution in [0.3, 0.4) is 0 Å². The smallest absolute Gasteiger partial charge is 0.172 e. The SMILES string of the molecule is Cc1cccc(N2CC(C(C)C)N=C2C2=NC(C(C)C)CN2c2cccc(C)c2)c1. The second-order valence-corrected chi connectivity index (χ2v) is 9.43. The van der Waals surface area contributed by atoms with Gasteiger partial charge in [0, 0.05) is 24.5 Å². The minimum absolute atomic E-state index is 0.278. The molecular weight excluding hydrogens is 368 g/mol. The van der Waals surface area contributed by atoms with Crippen LogP contribution in [-0.4, -0.2) is 36.8 Å². The summed E-state index contributed by atoms with van der Waals surface area (Å²) in [7, 11) is 0. The zero-order chi connectivity index (χ0) is 21.4. The summed E-state index contributed by atoms with van der Waals surface area (Å²) < 4.78 is 0. The largest absolute Gasteiger partial charge is 0.321 e. The van der Waals surface area contributed by atoms with Crippen LogP contribution < -0.4 is 9.80 Å². The maximum Gasteiger partial charge on any atom is 0.172 e. The van der Waals surface area contributed by atoms with Crippen molar-refractivity contribution in [2.45, 2.75) is 53.6 Å². The molecule has 158 valence electrons. The minimum atomic E-state index is 0.278. The minimum Gasteiger partial charge on any atom is -0.321 e. The van der Waals surface area contributed by atoms with E-state index >= 15 is 0 Å². The molecule has 0 radical (unpaired) electrons. The van der Waals surface area contributed by atoms with Crippen LogP contribution in [0.2, 0.25) is 0 Å². The molecule has 0 aliphatic carbocycles. The highest BCUT2D eigenvalue weighted by Gasteiger charge is 2.38. The van der Waals surface area contributed by atoms with Gasteiger partial charge in [-0.15, -0.1) is 0 Å². The summed E-state index contributed by atoms with van der Waals surface area (Å²) in [5.74, 6) is 3.02. The highest BCUT2D eigenvalue weighted by molar-refractivity contribution is 6.50. The Morgan fingerprint density at radius 2 is 1.10 bits per heavy atom. The monoisotopic (exact) mass is 402 g/mol. The Morgan fingerprint density at radius 3 is 1.43 bits per heavy atom. The third-order valence-electron chi connectivity index (χ3n) is 6.19. The van der Waals surface area contributed by atoms with E-state index in [1.54, 1.807) is 0 Å². The summed E-state index contributed by atoms with van der Waals surface area (Å²) in [6, 6.07) is 18.0. The first-order chi connectivity index (χ1) is 14.3. The lowest BCUT2D eigenvalue weighted by molar-refractivity contribution is 0.521. The molecule has 4 heteroatoms. The molecule has 2 unspecified atom stereocenters. The molecule has 2 aromatic carbocycles. The summed E-state index contributed by atoms with van der Waals surface area (Å²) in [5.41, 5.74) is 4.95. The fourth-order valence-electron chi connectivity index (χ4n) is 4.21. The predicted octanol–water partition coefficient (Wildman–Crippen LogP) is 5.49. The molecule has 0 N–H and O–H groups in total. The van der Waals surface area contributed by atoms with Crippen LogP contribution >= 0.6 is 0 Å². The standard InChI is InChI=1S/C26H34N4/c1-17(2)23-15-29(21-11-7-9-19(5)13-21)25(27-23)26-28-24(18(3)4)16-30(26)22-12-8-10-20(6)14-22/h7-14,17-18,23-24H,15-16H2,1-6H3. The lowest BCUT2D eigenvalue weighted by Gasteiger charge is -2.27. The van der Waals surface area contributed by atoms with Gasteiger partial charge in [-0.25, -0.2) is 0 Å². The van der Waals surface area contributed by atoms with E-state index in [4.69, 9.17) is 9.98 Å². The molecule has 2 aliphatic heterocycles. The van der Waals surface area contributed by atoms with Gasteiger partial charge in [0.15, 0.2) is 11.7 Å². The van der Waals surface area contributed by atoms with Crippen LogP contribution in [0, 0.1) is 25.7 Å². The molecular formula is C26H34N4. The quantitative estimate of drug-likeness (QED) is 0.662. The van der Waals surface area contributed by atoms with E-state index < -0.39 is 0 Å². The van der Waals surface area contributed by atoms with Crippen LogP contribution in [0.25, 0.3) is 0 Å². The van der Waals surface area contributed by atoms with E-state index in [1.807, 2.05) is 0 Å². The average Bonchev–Trinajstić information content (AvgIpc) is 3.33. The molecule has 0 fully saturated rings. The molecule has 0 spiro atoms. The normalized spacial score (nSPS) is 21.6. The second kappa shape index (κ2) is 8.25. The van der Waals surface area contributed by atoms with Gasteiger partial charge in [-0.2, -0.15) is 0 Å². The lowest BCUT2D eigenvalue weighted by atomic mass is 10.1. The molecule has 2 aliphatic rings. The maximum absolute atomic E-state index is 5.22. The number of rotatable bonds is 5. The highest BCUT2D eigenvalue weighted by atomic mass is 15.4. The Bertz CT molecular complexity index is 893. The van der Waals surface area contributed by atoms with Gasteiger partial charge in [0.25, 0.3) is 0 Å². The van der Waals surface area contributed by atoms with Crippen LogP contribution in [0.4, 0.5) is 11.4 Å². The molecule has 0 saturated carbocycles. The van der Waals surface area contributed by atoms with E-state index in [0.717, 1.165) is 24.8 Å². The first kappa shape index (κ1) is 20.6. The van der Waals surface area contributed by atoms with Crippen molar-refractivity contribution in [2.75, 3.05) is 22.9 Å². The van der Waals surface area contributed by atoms with Crippen LogP contribution in [-0.2, 0) is 0 Å². The third kappa shape index (κ3) is 4.00. The van der Waals surface area contributed by atoms with Crippen LogP contribution in [0.1, 0.15) is 38.8 Å². The third-order valence-corrected chi connectivity index (χ3v) is 6.19. The molecule has 0 aromatic heterocycles. The van der Waals surface area contributed by atoms with Crippen LogP contribution in [0.5, 0.6) is 0 Å². The average molecular weight is 403 g/mol. The van der Waals surface area contributed by atoms with Crippen molar-refractivity contribution in [1.29, 1.82) is 0 Å². The molecule has 0 saturated heterocycles. The van der Waals surface area contributed by atoms with Gasteiger partial charge in [0.1, 0.15) is 0 Å². The van der Waals surface area contributed by atoms with Gasteiger partial charge in [0.2, 0.25) is 0 Å². The topological polar surface area (TPSA) is 31.2 Å². The molecule has 4 rings (SSSR count). The van der Waals surface area contributed by atoms with Gasteiger partial charge in [-0.05, 0) is 61.1 Å². The first-order valence-corrected chi connectivity index (χ1v) is 11.2. The van der Waals surface area contributed by atoms with Gasteiger partial charge in [0.05, 0.1) is 12.1 Å². The fraction of sp³-hybridized carbons (Fsp3) is 0.462. The molecule has 2 aromatic rings. The lowest BCUT2D eigenvalue weighted by Crippen LogP contribution is -2.42. The van der Waals surface area contributed by atoms with Crippen molar-refractivity contribution in [2.24, 2.45) is 21.8 Å². The molecule has 0 bridgehead atoms. The fourth-order valence-corrected chi connectivity index (χ4v) is 4.21. The summed E-state index contributed by atoms with van der Waals surface area (Å²) >= 11 is 0. The number of aryl methyl sites for hydroxylation is 2. The molecule has 0 amide bonds. The Kier molecular flexibility index (Phi) is 5.68. The van der Waals surface area contributed by atoms with Crippen molar-refractivity contribution in [1.82, 2.24) is 0 Å². The van der Waals surface area contributed by atoms with E-state index in [-0.39, 0.29) is 12.1 Å². The number of nitrogens with zero attached hydrogens (tertiary/aromatic N) is 4. The van der Waals surface area contributed by atoms with Crippen molar-refractivity contribution in [3.63, 3.8) is 0 Å². The van der Waals surface area contributed by atoms with E-state index in [2.05, 4.69) is 99.9 Å². The van der Waals surface area contributed by atoms with Crippen molar-refractivity contribution in [3.8, 4) is 0 Å². The Hall–Kier alpha value is -2.62. The summed E-state index contributed by atoms with van der Waals surface area (Å²) in [5, 5.41) is 0.